The molecule has 0 N–H and O–H groups in total. The number of hydrogen-bond donors (Lipinski definition) is 0. The van der Waals surface area contributed by atoms with Crippen LogP contribution in [-0.2, 0) is 0 Å². The Labute approximate surface area is 151 Å². The van der Waals surface area contributed by atoms with Gasteiger partial charge in [-0.15, -0.1) is 0 Å². The average Bonchev–Trinajstić information content (AvgIpc) is 3.16. The Morgan fingerprint density at radius 3 is 2.23 bits per heavy atom. The smallest absolute Gasteiger partial charge is 0.194 e. The van der Waals surface area contributed by atoms with Crippen LogP contribution >= 0.6 is 0 Å². The first-order chi connectivity index (χ1) is 12.6. The summed E-state index contributed by atoms with van der Waals surface area (Å²) in [5.41, 5.74) is 0.0832. The third-order valence-corrected chi connectivity index (χ3v) is 4.87. The monoisotopic (exact) mass is 364 g/mol. The fraction of sp³-hybridized carbons (Fsp3) is 0.500. The van der Waals surface area contributed by atoms with Crippen molar-refractivity contribution in [1.29, 1.82) is 0 Å². The lowest BCUT2D eigenvalue weighted by molar-refractivity contribution is 0.300. The molecule has 3 nitrogen and oxygen atoms in total. The SMILES string of the molecule is Fc1cc(-c2ncc(OCCCCCC3CCCC3)cn2)cc(F)c1F. The van der Waals surface area contributed by atoms with E-state index in [9.17, 15) is 13.2 Å². The van der Waals surface area contributed by atoms with Crippen LogP contribution in [0.4, 0.5) is 13.2 Å². The van der Waals surface area contributed by atoms with Crippen molar-refractivity contribution >= 4 is 0 Å². The van der Waals surface area contributed by atoms with Crippen molar-refractivity contribution < 1.29 is 17.9 Å². The van der Waals surface area contributed by atoms with Gasteiger partial charge in [-0.3, -0.25) is 0 Å². The number of unbranched alkanes of at least 4 members (excludes halogenated alkanes) is 2. The molecule has 3 rings (SSSR count). The second-order valence-corrected chi connectivity index (χ2v) is 6.84. The molecule has 0 unspecified atom stereocenters. The average molecular weight is 364 g/mol. The minimum atomic E-state index is -1.50. The van der Waals surface area contributed by atoms with Gasteiger partial charge in [0.25, 0.3) is 0 Å². The molecule has 1 aliphatic carbocycles. The molecule has 1 saturated carbocycles. The standard InChI is InChI=1S/C20H23F3N2O/c21-17-10-15(11-18(22)19(17)23)20-24-12-16(13-25-20)26-9-5-1-2-6-14-7-3-4-8-14/h10-14H,1-9H2. The summed E-state index contributed by atoms with van der Waals surface area (Å²) in [4.78, 5) is 8.07. The Hall–Kier alpha value is -2.11. The van der Waals surface area contributed by atoms with Crippen LogP contribution in [0.5, 0.6) is 5.75 Å². The summed E-state index contributed by atoms with van der Waals surface area (Å²) < 4.78 is 45.2. The highest BCUT2D eigenvalue weighted by molar-refractivity contribution is 5.55. The Morgan fingerprint density at radius 2 is 1.58 bits per heavy atom. The number of nitrogens with zero attached hydrogens (tertiary/aromatic N) is 2. The third kappa shape index (κ3) is 4.96. The number of halogens is 3. The van der Waals surface area contributed by atoms with E-state index in [1.54, 1.807) is 0 Å². The second kappa shape index (κ2) is 9.01. The van der Waals surface area contributed by atoms with E-state index in [0.717, 1.165) is 30.9 Å². The molecule has 0 radical (unpaired) electrons. The molecule has 0 aliphatic heterocycles. The maximum Gasteiger partial charge on any atom is 0.194 e. The second-order valence-electron chi connectivity index (χ2n) is 6.84. The first-order valence-corrected chi connectivity index (χ1v) is 9.23. The van der Waals surface area contributed by atoms with E-state index in [2.05, 4.69) is 9.97 Å². The summed E-state index contributed by atoms with van der Waals surface area (Å²) in [5, 5.41) is 0. The zero-order chi connectivity index (χ0) is 18.4. The number of hydrogen-bond acceptors (Lipinski definition) is 3. The van der Waals surface area contributed by atoms with E-state index in [1.165, 1.54) is 50.9 Å². The van der Waals surface area contributed by atoms with Crippen molar-refractivity contribution in [2.24, 2.45) is 5.92 Å². The van der Waals surface area contributed by atoms with Gasteiger partial charge in [-0.25, -0.2) is 23.1 Å². The Kier molecular flexibility index (Phi) is 6.47. The minimum Gasteiger partial charge on any atom is -0.490 e. The molecule has 140 valence electrons. The van der Waals surface area contributed by atoms with Gasteiger partial charge in [0, 0.05) is 5.56 Å². The molecule has 0 atom stereocenters. The quantitative estimate of drug-likeness (QED) is 0.446. The maximum absolute atomic E-state index is 13.3. The zero-order valence-corrected chi connectivity index (χ0v) is 14.7. The van der Waals surface area contributed by atoms with Gasteiger partial charge in [0.15, 0.2) is 29.0 Å². The minimum absolute atomic E-state index is 0.0832. The van der Waals surface area contributed by atoms with E-state index >= 15 is 0 Å². The highest BCUT2D eigenvalue weighted by atomic mass is 19.2. The number of rotatable bonds is 8. The zero-order valence-electron chi connectivity index (χ0n) is 14.7. The number of aromatic nitrogens is 2. The molecule has 0 spiro atoms. The fourth-order valence-corrected chi connectivity index (χ4v) is 3.43. The Morgan fingerprint density at radius 1 is 0.923 bits per heavy atom. The van der Waals surface area contributed by atoms with Gasteiger partial charge in [-0.2, -0.15) is 0 Å². The van der Waals surface area contributed by atoms with E-state index in [4.69, 9.17) is 4.74 Å². The van der Waals surface area contributed by atoms with Crippen molar-refractivity contribution in [2.75, 3.05) is 6.61 Å². The van der Waals surface area contributed by atoms with Crippen LogP contribution in [0.25, 0.3) is 11.4 Å². The van der Waals surface area contributed by atoms with Gasteiger partial charge >= 0.3 is 0 Å². The predicted molar refractivity (Wildman–Crippen MR) is 93.3 cm³/mol. The lowest BCUT2D eigenvalue weighted by atomic mass is 10.0. The first-order valence-electron chi connectivity index (χ1n) is 9.23. The molecule has 0 bridgehead atoms. The summed E-state index contributed by atoms with van der Waals surface area (Å²) >= 11 is 0. The van der Waals surface area contributed by atoms with Crippen LogP contribution in [0.2, 0.25) is 0 Å². The van der Waals surface area contributed by atoms with Gasteiger partial charge in [-0.05, 0) is 24.5 Å². The molecule has 6 heteroatoms. The van der Waals surface area contributed by atoms with Crippen molar-refractivity contribution in [3.05, 3.63) is 42.0 Å². The van der Waals surface area contributed by atoms with Crippen molar-refractivity contribution in [1.82, 2.24) is 9.97 Å². The van der Waals surface area contributed by atoms with Crippen LogP contribution in [0, 0.1) is 23.4 Å². The lowest BCUT2D eigenvalue weighted by Crippen LogP contribution is -2.00. The van der Waals surface area contributed by atoms with Gasteiger partial charge < -0.3 is 4.74 Å². The normalized spacial score (nSPS) is 14.7. The van der Waals surface area contributed by atoms with Crippen LogP contribution < -0.4 is 4.74 Å². The summed E-state index contributed by atoms with van der Waals surface area (Å²) in [7, 11) is 0. The van der Waals surface area contributed by atoms with Gasteiger partial charge in [0.1, 0.15) is 0 Å². The van der Waals surface area contributed by atoms with Crippen LogP contribution in [0.1, 0.15) is 51.4 Å². The topological polar surface area (TPSA) is 35.0 Å². The van der Waals surface area contributed by atoms with E-state index in [0.29, 0.717) is 12.4 Å². The molecular weight excluding hydrogens is 341 g/mol. The molecule has 26 heavy (non-hydrogen) atoms. The molecule has 1 aromatic carbocycles. The number of benzene rings is 1. The lowest BCUT2D eigenvalue weighted by Gasteiger charge is -2.09. The highest BCUT2D eigenvalue weighted by Gasteiger charge is 2.14. The Balaban J connectivity index is 1.43. The predicted octanol–water partition coefficient (Wildman–Crippen LogP) is 5.69. The molecule has 0 amide bonds. The van der Waals surface area contributed by atoms with E-state index in [1.807, 2.05) is 0 Å². The van der Waals surface area contributed by atoms with E-state index < -0.39 is 17.5 Å². The summed E-state index contributed by atoms with van der Waals surface area (Å²) in [6, 6.07) is 1.75. The van der Waals surface area contributed by atoms with Gasteiger partial charge in [-0.1, -0.05) is 44.9 Å². The number of ether oxygens (including phenoxy) is 1. The summed E-state index contributed by atoms with van der Waals surface area (Å²) in [6.07, 6.45) is 13.2. The summed E-state index contributed by atoms with van der Waals surface area (Å²) in [5.74, 6) is -2.47. The van der Waals surface area contributed by atoms with Crippen LogP contribution in [0.3, 0.4) is 0 Å². The first kappa shape index (κ1) is 18.7. The van der Waals surface area contributed by atoms with Gasteiger partial charge in [0.05, 0.1) is 19.0 Å². The molecular formula is C20H23F3N2O. The third-order valence-electron chi connectivity index (χ3n) is 4.87. The van der Waals surface area contributed by atoms with Crippen LogP contribution in [0.15, 0.2) is 24.5 Å². The molecule has 1 aliphatic rings. The highest BCUT2D eigenvalue weighted by Crippen LogP contribution is 2.29. The van der Waals surface area contributed by atoms with Gasteiger partial charge in [0.2, 0.25) is 0 Å². The van der Waals surface area contributed by atoms with Crippen LogP contribution in [-0.4, -0.2) is 16.6 Å². The maximum atomic E-state index is 13.3. The fourth-order valence-electron chi connectivity index (χ4n) is 3.43. The largest absolute Gasteiger partial charge is 0.490 e. The molecule has 1 fully saturated rings. The van der Waals surface area contributed by atoms with Crippen molar-refractivity contribution in [3.8, 4) is 17.1 Å². The molecule has 1 heterocycles. The van der Waals surface area contributed by atoms with E-state index in [-0.39, 0.29) is 11.4 Å². The molecule has 2 aromatic rings. The van der Waals surface area contributed by atoms with Crippen molar-refractivity contribution in [3.63, 3.8) is 0 Å². The molecule has 0 saturated heterocycles. The summed E-state index contributed by atoms with van der Waals surface area (Å²) in [6.45, 7) is 0.590. The Bertz CT molecular complexity index is 692. The van der Waals surface area contributed by atoms with Crippen molar-refractivity contribution in [2.45, 2.75) is 51.4 Å². The molecule has 1 aromatic heterocycles.